The van der Waals surface area contributed by atoms with Crippen molar-refractivity contribution >= 4 is 17.6 Å². The maximum absolute atomic E-state index is 12.8. The number of alkyl halides is 3. The molecule has 1 aromatic heterocycles. The molecule has 25 heavy (non-hydrogen) atoms. The number of nitrogens with zero attached hydrogens (tertiary/aromatic N) is 2. The van der Waals surface area contributed by atoms with Crippen LogP contribution in [0.5, 0.6) is 5.75 Å². The van der Waals surface area contributed by atoms with Gasteiger partial charge in [-0.15, -0.1) is 0 Å². The number of carboxylic acid groups (broad SMARTS) is 1. The van der Waals surface area contributed by atoms with Crippen molar-refractivity contribution in [3.05, 3.63) is 55.8 Å². The SMILES string of the molecule is Cn1c(C(F)(F)F)cc(=O)n(-c2ccc(Cl)c(OCC(=O)O)c2)c1=O. The van der Waals surface area contributed by atoms with Gasteiger partial charge in [-0.1, -0.05) is 11.6 Å². The second-order valence-corrected chi connectivity index (χ2v) is 5.25. The second-order valence-electron chi connectivity index (χ2n) is 4.84. The van der Waals surface area contributed by atoms with Crippen LogP contribution in [0.2, 0.25) is 5.02 Å². The van der Waals surface area contributed by atoms with E-state index in [0.29, 0.717) is 4.57 Å². The normalized spacial score (nSPS) is 11.4. The number of ether oxygens (including phenoxy) is 1. The molecule has 0 amide bonds. The summed E-state index contributed by atoms with van der Waals surface area (Å²) in [4.78, 5) is 34.7. The lowest BCUT2D eigenvalue weighted by atomic mass is 10.3. The van der Waals surface area contributed by atoms with Crippen molar-refractivity contribution in [1.82, 2.24) is 9.13 Å². The molecule has 1 aromatic carbocycles. The molecule has 0 radical (unpaired) electrons. The van der Waals surface area contributed by atoms with E-state index in [-0.39, 0.29) is 27.1 Å². The van der Waals surface area contributed by atoms with E-state index < -0.39 is 35.7 Å². The van der Waals surface area contributed by atoms with Gasteiger partial charge >= 0.3 is 17.8 Å². The van der Waals surface area contributed by atoms with Crippen molar-refractivity contribution < 1.29 is 27.8 Å². The third kappa shape index (κ3) is 3.85. The number of rotatable bonds is 4. The van der Waals surface area contributed by atoms with Crippen LogP contribution in [0.15, 0.2) is 33.9 Å². The van der Waals surface area contributed by atoms with E-state index in [1.165, 1.54) is 12.1 Å². The molecule has 0 atom stereocenters. The molecule has 11 heteroatoms. The molecule has 2 aromatic rings. The van der Waals surface area contributed by atoms with Gasteiger partial charge in [-0.3, -0.25) is 9.36 Å². The number of aromatic nitrogens is 2. The number of halogens is 4. The molecule has 0 saturated heterocycles. The topological polar surface area (TPSA) is 90.5 Å². The Morgan fingerprint density at radius 2 is 1.92 bits per heavy atom. The van der Waals surface area contributed by atoms with Crippen molar-refractivity contribution in [2.24, 2.45) is 7.05 Å². The first kappa shape index (κ1) is 18.6. The zero-order valence-electron chi connectivity index (χ0n) is 12.5. The second kappa shape index (κ2) is 6.63. The fourth-order valence-corrected chi connectivity index (χ4v) is 2.19. The lowest BCUT2D eigenvalue weighted by molar-refractivity contribution is -0.144. The number of carboxylic acids is 1. The summed E-state index contributed by atoms with van der Waals surface area (Å²) >= 11 is 5.83. The summed E-state index contributed by atoms with van der Waals surface area (Å²) in [7, 11) is 0.874. The van der Waals surface area contributed by atoms with Crippen molar-refractivity contribution in [2.75, 3.05) is 6.61 Å². The Hall–Kier alpha value is -2.75. The van der Waals surface area contributed by atoms with Crippen molar-refractivity contribution in [3.63, 3.8) is 0 Å². The number of aliphatic carboxylic acids is 1. The number of carbonyl (C=O) groups is 1. The third-order valence-corrected chi connectivity index (χ3v) is 3.45. The fourth-order valence-electron chi connectivity index (χ4n) is 2.02. The maximum atomic E-state index is 12.8. The Balaban J connectivity index is 2.62. The van der Waals surface area contributed by atoms with E-state index >= 15 is 0 Å². The molecule has 0 bridgehead atoms. The van der Waals surface area contributed by atoms with Crippen molar-refractivity contribution in [3.8, 4) is 11.4 Å². The minimum absolute atomic E-state index is 0.00165. The molecule has 0 aliphatic carbocycles. The minimum Gasteiger partial charge on any atom is -0.480 e. The van der Waals surface area contributed by atoms with E-state index in [2.05, 4.69) is 0 Å². The number of benzene rings is 1. The minimum atomic E-state index is -4.87. The van der Waals surface area contributed by atoms with E-state index in [0.717, 1.165) is 13.1 Å². The lowest BCUT2D eigenvalue weighted by Gasteiger charge is -2.14. The summed E-state index contributed by atoms with van der Waals surface area (Å²) in [6.45, 7) is -0.733. The van der Waals surface area contributed by atoms with Gasteiger partial charge in [0.15, 0.2) is 6.61 Å². The van der Waals surface area contributed by atoms with Crippen molar-refractivity contribution in [2.45, 2.75) is 6.18 Å². The van der Waals surface area contributed by atoms with Gasteiger partial charge in [0.2, 0.25) is 0 Å². The molecule has 134 valence electrons. The quantitative estimate of drug-likeness (QED) is 0.874. The molecule has 0 aliphatic heterocycles. The summed E-state index contributed by atoms with van der Waals surface area (Å²) in [5, 5.41) is 8.60. The Morgan fingerprint density at radius 3 is 2.48 bits per heavy atom. The Morgan fingerprint density at radius 1 is 1.28 bits per heavy atom. The standard InChI is InChI=1S/C14H10ClF3N2O5/c1-19-10(14(16,17)18)5-11(21)20(13(19)24)7-2-3-8(15)9(4-7)25-6-12(22)23/h2-5H,6H2,1H3,(H,22,23). The Bertz CT molecular complexity index is 949. The van der Waals surface area contributed by atoms with Crippen LogP contribution in [0.1, 0.15) is 5.69 Å². The van der Waals surface area contributed by atoms with Gasteiger partial charge in [-0.25, -0.2) is 14.2 Å². The smallest absolute Gasteiger partial charge is 0.431 e. The van der Waals surface area contributed by atoms with Crippen molar-refractivity contribution in [1.29, 1.82) is 0 Å². The molecule has 0 aliphatic rings. The van der Waals surface area contributed by atoms with Gasteiger partial charge in [0.05, 0.1) is 10.7 Å². The van der Waals surface area contributed by atoms with Gasteiger partial charge in [-0.05, 0) is 12.1 Å². The predicted molar refractivity (Wildman–Crippen MR) is 80.4 cm³/mol. The Labute approximate surface area is 142 Å². The molecule has 7 nitrogen and oxygen atoms in total. The highest BCUT2D eigenvalue weighted by Gasteiger charge is 2.35. The zero-order chi connectivity index (χ0) is 18.9. The molecule has 0 saturated carbocycles. The molecule has 0 fully saturated rings. The van der Waals surface area contributed by atoms with E-state index in [9.17, 15) is 27.6 Å². The third-order valence-electron chi connectivity index (χ3n) is 3.13. The van der Waals surface area contributed by atoms with Crippen LogP contribution >= 0.6 is 11.6 Å². The largest absolute Gasteiger partial charge is 0.480 e. The molecule has 0 unspecified atom stereocenters. The molecular weight excluding hydrogens is 369 g/mol. The summed E-state index contributed by atoms with van der Waals surface area (Å²) in [5.41, 5.74) is -3.95. The highest BCUT2D eigenvalue weighted by atomic mass is 35.5. The monoisotopic (exact) mass is 378 g/mol. The molecule has 0 spiro atoms. The molecular formula is C14H10ClF3N2O5. The van der Waals surface area contributed by atoms with Gasteiger partial charge in [0.25, 0.3) is 5.56 Å². The van der Waals surface area contributed by atoms with Gasteiger partial charge in [0.1, 0.15) is 11.4 Å². The van der Waals surface area contributed by atoms with Crippen LogP contribution in [0, 0.1) is 0 Å². The van der Waals surface area contributed by atoms with E-state index in [1.807, 2.05) is 0 Å². The molecule has 1 heterocycles. The first-order valence-electron chi connectivity index (χ1n) is 6.57. The van der Waals surface area contributed by atoms with Crippen LogP contribution in [-0.2, 0) is 18.0 Å². The molecule has 1 N–H and O–H groups in total. The first-order valence-corrected chi connectivity index (χ1v) is 6.95. The van der Waals surface area contributed by atoms with Crippen LogP contribution in [0.3, 0.4) is 0 Å². The number of hydrogen-bond donors (Lipinski definition) is 1. The number of hydrogen-bond acceptors (Lipinski definition) is 4. The van der Waals surface area contributed by atoms with Crippen LogP contribution in [-0.4, -0.2) is 26.8 Å². The maximum Gasteiger partial charge on any atom is 0.431 e. The zero-order valence-corrected chi connectivity index (χ0v) is 13.3. The highest BCUT2D eigenvalue weighted by Crippen LogP contribution is 2.28. The van der Waals surface area contributed by atoms with Gasteiger partial charge < -0.3 is 9.84 Å². The lowest BCUT2D eigenvalue weighted by Crippen LogP contribution is -2.40. The van der Waals surface area contributed by atoms with Gasteiger partial charge in [0, 0.05) is 19.2 Å². The van der Waals surface area contributed by atoms with Crippen LogP contribution in [0.25, 0.3) is 5.69 Å². The van der Waals surface area contributed by atoms with E-state index in [4.69, 9.17) is 21.4 Å². The first-order chi connectivity index (χ1) is 11.5. The summed E-state index contributed by atoms with van der Waals surface area (Å²) < 4.78 is 44.2. The average molecular weight is 379 g/mol. The summed E-state index contributed by atoms with van der Waals surface area (Å²) in [6.07, 6.45) is -4.87. The highest BCUT2D eigenvalue weighted by molar-refractivity contribution is 6.32. The fraction of sp³-hybridized carbons (Fsp3) is 0.214. The van der Waals surface area contributed by atoms with Crippen LogP contribution in [0.4, 0.5) is 13.2 Å². The summed E-state index contributed by atoms with van der Waals surface area (Å²) in [5.74, 6) is -1.43. The average Bonchev–Trinajstić information content (AvgIpc) is 2.50. The molecule has 2 rings (SSSR count). The van der Waals surface area contributed by atoms with Crippen LogP contribution < -0.4 is 16.0 Å². The summed E-state index contributed by atoms with van der Waals surface area (Å²) in [6, 6.07) is 3.80. The van der Waals surface area contributed by atoms with Gasteiger partial charge in [-0.2, -0.15) is 13.2 Å². The van der Waals surface area contributed by atoms with E-state index in [1.54, 1.807) is 0 Å². The predicted octanol–water partition coefficient (Wildman–Crippen LogP) is 1.67. The Kier molecular flexibility index (Phi) is 4.93.